The maximum absolute atomic E-state index is 11.7. The number of carbonyl (C=O) groups is 1. The van der Waals surface area contributed by atoms with Gasteiger partial charge in [-0.3, -0.25) is 15.6 Å². The van der Waals surface area contributed by atoms with Gasteiger partial charge in [0, 0.05) is 12.4 Å². The van der Waals surface area contributed by atoms with Crippen molar-refractivity contribution in [2.24, 2.45) is 0 Å². The van der Waals surface area contributed by atoms with Crippen LogP contribution in [0.15, 0.2) is 42.7 Å². The van der Waals surface area contributed by atoms with E-state index in [0.29, 0.717) is 11.4 Å². The van der Waals surface area contributed by atoms with Crippen molar-refractivity contribution in [1.82, 2.24) is 15.4 Å². The lowest BCUT2D eigenvalue weighted by molar-refractivity contribution is 0.0962. The van der Waals surface area contributed by atoms with Gasteiger partial charge in [0.2, 0.25) is 0 Å². The number of nitrogens with zero attached hydrogens (tertiary/aromatic N) is 2. The quantitative estimate of drug-likeness (QED) is 0.643. The van der Waals surface area contributed by atoms with Crippen molar-refractivity contribution in [3.63, 3.8) is 0 Å². The first kappa shape index (κ1) is 11.3. The van der Waals surface area contributed by atoms with Crippen molar-refractivity contribution in [2.75, 3.05) is 5.43 Å². The average molecular weight is 249 g/mol. The molecular formula is C11H9ClN4O. The first-order valence-corrected chi connectivity index (χ1v) is 5.23. The normalized spacial score (nSPS) is 9.71. The number of nitrogens with one attached hydrogen (secondary N) is 2. The molecule has 0 saturated heterocycles. The molecule has 2 heterocycles. The summed E-state index contributed by atoms with van der Waals surface area (Å²) in [7, 11) is 0. The van der Waals surface area contributed by atoms with Crippen molar-refractivity contribution < 1.29 is 4.79 Å². The summed E-state index contributed by atoms with van der Waals surface area (Å²) in [5.41, 5.74) is 5.46. The van der Waals surface area contributed by atoms with Gasteiger partial charge < -0.3 is 0 Å². The van der Waals surface area contributed by atoms with E-state index < -0.39 is 0 Å². The fourth-order valence-electron chi connectivity index (χ4n) is 1.18. The minimum atomic E-state index is -0.367. The molecule has 0 unspecified atom stereocenters. The minimum absolute atomic E-state index is 0.160. The monoisotopic (exact) mass is 248 g/mol. The van der Waals surface area contributed by atoms with Gasteiger partial charge in [0.05, 0.1) is 5.56 Å². The van der Waals surface area contributed by atoms with Crippen LogP contribution in [-0.4, -0.2) is 15.9 Å². The van der Waals surface area contributed by atoms with E-state index in [-0.39, 0.29) is 11.1 Å². The Morgan fingerprint density at radius 3 is 2.65 bits per heavy atom. The largest absolute Gasteiger partial charge is 0.282 e. The van der Waals surface area contributed by atoms with Gasteiger partial charge in [-0.25, -0.2) is 9.97 Å². The Bertz CT molecular complexity index is 518. The van der Waals surface area contributed by atoms with Gasteiger partial charge in [0.25, 0.3) is 5.91 Å². The molecule has 0 spiro atoms. The zero-order valence-electron chi connectivity index (χ0n) is 8.72. The predicted molar refractivity (Wildman–Crippen MR) is 64.6 cm³/mol. The van der Waals surface area contributed by atoms with Crippen molar-refractivity contribution in [3.05, 3.63) is 53.4 Å². The Morgan fingerprint density at radius 1 is 1.12 bits per heavy atom. The lowest BCUT2D eigenvalue weighted by Crippen LogP contribution is -2.30. The third kappa shape index (κ3) is 2.92. The second kappa shape index (κ2) is 5.27. The van der Waals surface area contributed by atoms with E-state index in [9.17, 15) is 4.79 Å². The Morgan fingerprint density at radius 2 is 1.94 bits per heavy atom. The Hall–Kier alpha value is -2.14. The molecule has 5 nitrogen and oxygen atoms in total. The third-order valence-corrected chi connectivity index (χ3v) is 2.27. The molecule has 1 amide bonds. The second-order valence-corrected chi connectivity index (χ2v) is 3.49. The predicted octanol–water partition coefficient (Wildman–Crippen LogP) is 1.89. The van der Waals surface area contributed by atoms with E-state index in [1.54, 1.807) is 36.5 Å². The summed E-state index contributed by atoms with van der Waals surface area (Å²) in [5.74, 6) is 0.176. The number of anilines is 1. The zero-order valence-corrected chi connectivity index (χ0v) is 9.48. The van der Waals surface area contributed by atoms with Gasteiger partial charge in [-0.2, -0.15) is 0 Å². The summed E-state index contributed by atoms with van der Waals surface area (Å²) < 4.78 is 0. The van der Waals surface area contributed by atoms with Crippen molar-refractivity contribution in [2.45, 2.75) is 0 Å². The van der Waals surface area contributed by atoms with Crippen LogP contribution in [0.2, 0.25) is 5.15 Å². The van der Waals surface area contributed by atoms with Crippen LogP contribution < -0.4 is 10.9 Å². The molecule has 0 radical (unpaired) electrons. The molecule has 17 heavy (non-hydrogen) atoms. The number of carbonyl (C=O) groups excluding carboxylic acids is 1. The highest BCUT2D eigenvalue weighted by molar-refractivity contribution is 6.32. The second-order valence-electron chi connectivity index (χ2n) is 3.14. The van der Waals surface area contributed by atoms with Gasteiger partial charge >= 0.3 is 0 Å². The molecule has 0 saturated carbocycles. The molecule has 0 bridgehead atoms. The highest BCUT2D eigenvalue weighted by Crippen LogP contribution is 2.10. The van der Waals surface area contributed by atoms with Crippen LogP contribution in [0.1, 0.15) is 10.4 Å². The maximum atomic E-state index is 11.7. The van der Waals surface area contributed by atoms with Gasteiger partial charge in [0.15, 0.2) is 0 Å². The number of pyridine rings is 2. The highest BCUT2D eigenvalue weighted by Gasteiger charge is 2.09. The summed E-state index contributed by atoms with van der Waals surface area (Å²) in [6.07, 6.45) is 3.14. The van der Waals surface area contributed by atoms with Crippen LogP contribution in [0, 0.1) is 0 Å². The molecule has 2 aromatic heterocycles. The Balaban J connectivity index is 2.01. The van der Waals surface area contributed by atoms with Crippen molar-refractivity contribution in [3.8, 4) is 0 Å². The van der Waals surface area contributed by atoms with Gasteiger partial charge in [-0.15, -0.1) is 0 Å². The van der Waals surface area contributed by atoms with E-state index >= 15 is 0 Å². The van der Waals surface area contributed by atoms with Crippen LogP contribution in [0.5, 0.6) is 0 Å². The summed E-state index contributed by atoms with van der Waals surface area (Å²) in [5, 5.41) is 0.160. The van der Waals surface area contributed by atoms with Crippen LogP contribution in [0.25, 0.3) is 0 Å². The Labute approximate surface area is 103 Å². The number of halogens is 1. The zero-order chi connectivity index (χ0) is 12.1. The molecule has 0 aliphatic rings. The summed E-state index contributed by atoms with van der Waals surface area (Å²) in [6.45, 7) is 0. The number of amides is 1. The molecule has 6 heteroatoms. The number of aromatic nitrogens is 2. The van der Waals surface area contributed by atoms with E-state index in [4.69, 9.17) is 11.6 Å². The van der Waals surface area contributed by atoms with E-state index in [2.05, 4.69) is 20.8 Å². The summed E-state index contributed by atoms with van der Waals surface area (Å²) in [6, 6.07) is 8.54. The number of hydrazine groups is 1. The van der Waals surface area contributed by atoms with Gasteiger partial charge in [-0.1, -0.05) is 17.7 Å². The van der Waals surface area contributed by atoms with Crippen LogP contribution >= 0.6 is 11.6 Å². The molecule has 0 atom stereocenters. The average Bonchev–Trinajstić information content (AvgIpc) is 2.38. The molecule has 0 fully saturated rings. The lowest BCUT2D eigenvalue weighted by atomic mass is 10.3. The topological polar surface area (TPSA) is 66.9 Å². The molecule has 2 rings (SSSR count). The molecule has 0 aliphatic heterocycles. The van der Waals surface area contributed by atoms with Gasteiger partial charge in [-0.05, 0) is 24.3 Å². The van der Waals surface area contributed by atoms with Crippen LogP contribution in [0.4, 0.5) is 5.82 Å². The number of hydrogen-bond acceptors (Lipinski definition) is 4. The molecule has 0 aromatic carbocycles. The first-order valence-electron chi connectivity index (χ1n) is 4.85. The van der Waals surface area contributed by atoms with Crippen molar-refractivity contribution in [1.29, 1.82) is 0 Å². The maximum Gasteiger partial charge on any atom is 0.272 e. The SMILES string of the molecule is O=C(NNc1ccccn1)c1cccnc1Cl. The lowest BCUT2D eigenvalue weighted by Gasteiger charge is -2.07. The highest BCUT2D eigenvalue weighted by atomic mass is 35.5. The molecule has 0 aliphatic carbocycles. The fraction of sp³-hybridized carbons (Fsp3) is 0. The van der Waals surface area contributed by atoms with Crippen LogP contribution in [-0.2, 0) is 0 Å². The standard InChI is InChI=1S/C11H9ClN4O/c12-10-8(4-3-7-14-10)11(17)16-15-9-5-1-2-6-13-9/h1-7H,(H,13,15)(H,16,17). The van der Waals surface area contributed by atoms with E-state index in [1.807, 2.05) is 0 Å². The molecular weight excluding hydrogens is 240 g/mol. The van der Waals surface area contributed by atoms with Crippen LogP contribution in [0.3, 0.4) is 0 Å². The first-order chi connectivity index (χ1) is 8.27. The Kier molecular flexibility index (Phi) is 3.52. The third-order valence-electron chi connectivity index (χ3n) is 1.97. The molecule has 2 N–H and O–H groups in total. The van der Waals surface area contributed by atoms with E-state index in [0.717, 1.165) is 0 Å². The van der Waals surface area contributed by atoms with Gasteiger partial charge in [0.1, 0.15) is 11.0 Å². The summed E-state index contributed by atoms with van der Waals surface area (Å²) >= 11 is 5.79. The number of rotatable bonds is 3. The van der Waals surface area contributed by atoms with Crippen molar-refractivity contribution >= 4 is 23.3 Å². The minimum Gasteiger partial charge on any atom is -0.282 e. The fourth-order valence-corrected chi connectivity index (χ4v) is 1.39. The van der Waals surface area contributed by atoms with E-state index in [1.165, 1.54) is 6.20 Å². The smallest absolute Gasteiger partial charge is 0.272 e. The number of hydrogen-bond donors (Lipinski definition) is 2. The molecule has 2 aromatic rings. The summed E-state index contributed by atoms with van der Waals surface area (Å²) in [4.78, 5) is 19.5. The molecule has 86 valence electrons.